The number of amides is 1. The molecule has 5 heteroatoms. The van der Waals surface area contributed by atoms with Gasteiger partial charge in [-0.25, -0.2) is 0 Å². The highest BCUT2D eigenvalue weighted by molar-refractivity contribution is 6.07. The van der Waals surface area contributed by atoms with Crippen molar-refractivity contribution in [2.24, 2.45) is 0 Å². The molecule has 214 valence electrons. The molecular weight excluding hydrogens is 506 g/mol. The Kier molecular flexibility index (Phi) is 8.83. The van der Waals surface area contributed by atoms with Crippen LogP contribution >= 0.6 is 0 Å². The first-order valence-electron chi connectivity index (χ1n) is 15.5. The molecule has 2 saturated heterocycles. The predicted molar refractivity (Wildman–Crippen MR) is 169 cm³/mol. The number of benzene rings is 3. The summed E-state index contributed by atoms with van der Waals surface area (Å²) >= 11 is 0. The zero-order valence-electron chi connectivity index (χ0n) is 24.4. The second kappa shape index (κ2) is 13.1. The first-order valence-corrected chi connectivity index (χ1v) is 15.5. The Morgan fingerprint density at radius 3 is 2.37 bits per heavy atom. The minimum absolute atomic E-state index is 0.00112. The number of hydrogen-bond acceptors (Lipinski definition) is 4. The van der Waals surface area contributed by atoms with Gasteiger partial charge in [-0.3, -0.25) is 9.69 Å². The summed E-state index contributed by atoms with van der Waals surface area (Å²) in [5.41, 5.74) is 9.19. The van der Waals surface area contributed by atoms with E-state index in [1.807, 2.05) is 12.1 Å². The Morgan fingerprint density at radius 1 is 0.878 bits per heavy atom. The molecule has 0 unspecified atom stereocenters. The maximum Gasteiger partial charge on any atom is 0.251 e. The molecule has 0 saturated carbocycles. The van der Waals surface area contributed by atoms with Crippen LogP contribution in [0.4, 0.5) is 11.4 Å². The van der Waals surface area contributed by atoms with E-state index in [1.165, 1.54) is 47.2 Å². The maximum atomic E-state index is 13.3. The van der Waals surface area contributed by atoms with Crippen LogP contribution in [0.2, 0.25) is 0 Å². The summed E-state index contributed by atoms with van der Waals surface area (Å²) < 4.78 is 5.51. The molecule has 2 heterocycles. The summed E-state index contributed by atoms with van der Waals surface area (Å²) in [6.45, 7) is 4.93. The van der Waals surface area contributed by atoms with E-state index >= 15 is 0 Å². The van der Waals surface area contributed by atoms with E-state index in [0.717, 1.165) is 81.8 Å². The van der Waals surface area contributed by atoms with Gasteiger partial charge in [0.05, 0.1) is 0 Å². The molecule has 0 aromatic heterocycles. The Bertz CT molecular complexity index is 1350. The molecule has 5 nitrogen and oxygen atoms in total. The zero-order valence-corrected chi connectivity index (χ0v) is 24.4. The highest BCUT2D eigenvalue weighted by atomic mass is 16.5. The van der Waals surface area contributed by atoms with Crippen LogP contribution in [0.1, 0.15) is 61.6 Å². The topological polar surface area (TPSA) is 44.8 Å². The molecule has 1 N–H and O–H groups in total. The molecule has 0 atom stereocenters. The molecule has 1 amide bonds. The van der Waals surface area contributed by atoms with E-state index in [9.17, 15) is 4.79 Å². The van der Waals surface area contributed by atoms with Gasteiger partial charge >= 0.3 is 0 Å². The molecule has 3 aromatic carbocycles. The number of nitrogens with zero attached hydrogens (tertiary/aromatic N) is 2. The Morgan fingerprint density at radius 2 is 1.61 bits per heavy atom. The molecular formula is C36H43N3O2. The van der Waals surface area contributed by atoms with Crippen molar-refractivity contribution >= 4 is 23.4 Å². The molecule has 0 bridgehead atoms. The van der Waals surface area contributed by atoms with Crippen LogP contribution in [0.3, 0.4) is 0 Å². The summed E-state index contributed by atoms with van der Waals surface area (Å²) in [6.07, 6.45) is 11.0. The SMILES string of the molecule is CN(Cc1ccc(NC(=O)C2=Cc3cc(-c4ccc(N5CCCCC5)cc4)ccc3CCC2)cc1)C1CCOCC1. The Hall–Kier alpha value is -3.41. The van der Waals surface area contributed by atoms with Crippen molar-refractivity contribution in [3.05, 3.63) is 89.0 Å². The minimum Gasteiger partial charge on any atom is -0.381 e. The number of rotatable bonds is 7. The molecule has 3 aliphatic rings. The van der Waals surface area contributed by atoms with Gasteiger partial charge in [0.2, 0.25) is 0 Å². The van der Waals surface area contributed by atoms with Crippen molar-refractivity contribution in [3.63, 3.8) is 0 Å². The largest absolute Gasteiger partial charge is 0.381 e. The second-order valence-corrected chi connectivity index (χ2v) is 11.9. The summed E-state index contributed by atoms with van der Waals surface area (Å²) in [6, 6.07) is 24.6. The van der Waals surface area contributed by atoms with E-state index in [0.29, 0.717) is 6.04 Å². The third kappa shape index (κ3) is 6.91. The standard InChI is InChI=1S/C36H43N3O2/c1-38(34-18-22-41-23-19-34)26-27-8-14-33(15-9-27)37-36(40)31-7-5-6-28-10-11-30(24-32(28)25-31)29-12-16-35(17-13-29)39-20-3-2-4-21-39/h8-17,24-25,34H,2-7,18-23,26H2,1H3,(H,37,40). The van der Waals surface area contributed by atoms with Crippen LogP contribution in [0.25, 0.3) is 17.2 Å². The fourth-order valence-electron chi connectivity index (χ4n) is 6.51. The number of nitrogens with one attached hydrogen (secondary N) is 1. The molecule has 3 aromatic rings. The van der Waals surface area contributed by atoms with Crippen molar-refractivity contribution in [1.82, 2.24) is 4.90 Å². The highest BCUT2D eigenvalue weighted by Gasteiger charge is 2.19. The van der Waals surface area contributed by atoms with Crippen molar-refractivity contribution in [3.8, 4) is 11.1 Å². The molecule has 0 radical (unpaired) electrons. The monoisotopic (exact) mass is 549 g/mol. The van der Waals surface area contributed by atoms with Crippen LogP contribution in [0.5, 0.6) is 0 Å². The number of hydrogen-bond donors (Lipinski definition) is 1. The zero-order chi connectivity index (χ0) is 28.0. The van der Waals surface area contributed by atoms with Crippen molar-refractivity contribution in [2.75, 3.05) is 43.6 Å². The van der Waals surface area contributed by atoms with Gasteiger partial charge in [0.25, 0.3) is 5.91 Å². The summed E-state index contributed by atoms with van der Waals surface area (Å²) in [4.78, 5) is 18.3. The fraction of sp³-hybridized carbons (Fsp3) is 0.417. The molecule has 2 aliphatic heterocycles. The number of fused-ring (bicyclic) bond motifs is 1. The molecule has 2 fully saturated rings. The minimum atomic E-state index is 0.00112. The van der Waals surface area contributed by atoms with E-state index in [1.54, 1.807) is 0 Å². The van der Waals surface area contributed by atoms with Gasteiger partial charge in [-0.2, -0.15) is 0 Å². The number of anilines is 2. The number of aryl methyl sites for hydroxylation is 1. The van der Waals surface area contributed by atoms with E-state index in [2.05, 4.69) is 82.8 Å². The first-order chi connectivity index (χ1) is 20.1. The lowest BCUT2D eigenvalue weighted by molar-refractivity contribution is -0.112. The van der Waals surface area contributed by atoms with Crippen LogP contribution in [0, 0.1) is 0 Å². The van der Waals surface area contributed by atoms with E-state index in [4.69, 9.17) is 4.74 Å². The van der Waals surface area contributed by atoms with Crippen LogP contribution in [0.15, 0.2) is 72.3 Å². The fourth-order valence-corrected chi connectivity index (χ4v) is 6.51. The number of ether oxygens (including phenoxy) is 1. The van der Waals surface area contributed by atoms with Gasteiger partial charge in [0, 0.05) is 55.8 Å². The second-order valence-electron chi connectivity index (χ2n) is 11.9. The van der Waals surface area contributed by atoms with Gasteiger partial charge in [0.15, 0.2) is 0 Å². The van der Waals surface area contributed by atoms with Crippen molar-refractivity contribution in [1.29, 1.82) is 0 Å². The normalized spacial score (nSPS) is 18.0. The molecule has 1 aliphatic carbocycles. The number of carbonyl (C=O) groups excluding carboxylic acids is 1. The van der Waals surface area contributed by atoms with Gasteiger partial charge in [-0.1, -0.05) is 36.4 Å². The smallest absolute Gasteiger partial charge is 0.251 e. The lowest BCUT2D eigenvalue weighted by Crippen LogP contribution is -2.36. The highest BCUT2D eigenvalue weighted by Crippen LogP contribution is 2.30. The molecule has 41 heavy (non-hydrogen) atoms. The lowest BCUT2D eigenvalue weighted by atomic mass is 9.97. The maximum absolute atomic E-state index is 13.3. The predicted octanol–water partition coefficient (Wildman–Crippen LogP) is 7.31. The van der Waals surface area contributed by atoms with Gasteiger partial charge in [-0.15, -0.1) is 0 Å². The quantitative estimate of drug-likeness (QED) is 0.336. The Balaban J connectivity index is 1.12. The van der Waals surface area contributed by atoms with Crippen LogP contribution in [-0.2, 0) is 22.5 Å². The van der Waals surface area contributed by atoms with Crippen LogP contribution < -0.4 is 10.2 Å². The third-order valence-electron chi connectivity index (χ3n) is 9.04. The number of carbonyl (C=O) groups is 1. The average Bonchev–Trinajstić information content (AvgIpc) is 3.25. The third-order valence-corrected chi connectivity index (χ3v) is 9.04. The molecule has 0 spiro atoms. The van der Waals surface area contributed by atoms with Gasteiger partial charge in [-0.05, 0) is 123 Å². The first kappa shape index (κ1) is 27.7. The summed E-state index contributed by atoms with van der Waals surface area (Å²) in [5.74, 6) is 0.00112. The van der Waals surface area contributed by atoms with Crippen LogP contribution in [-0.4, -0.2) is 50.2 Å². The average molecular weight is 550 g/mol. The van der Waals surface area contributed by atoms with Gasteiger partial charge in [0.1, 0.15) is 0 Å². The lowest BCUT2D eigenvalue weighted by Gasteiger charge is -2.31. The van der Waals surface area contributed by atoms with Crippen molar-refractivity contribution in [2.45, 2.75) is 64.0 Å². The van der Waals surface area contributed by atoms with Gasteiger partial charge < -0.3 is 15.0 Å². The van der Waals surface area contributed by atoms with Crippen molar-refractivity contribution < 1.29 is 9.53 Å². The summed E-state index contributed by atoms with van der Waals surface area (Å²) in [7, 11) is 2.19. The Labute approximate surface area is 245 Å². The number of piperidine rings is 1. The molecule has 6 rings (SSSR count). The van der Waals surface area contributed by atoms with E-state index in [-0.39, 0.29) is 5.91 Å². The van der Waals surface area contributed by atoms with E-state index < -0.39 is 0 Å². The summed E-state index contributed by atoms with van der Waals surface area (Å²) in [5, 5.41) is 3.16.